The fraction of sp³-hybridized carbons (Fsp3) is 0.684. The Morgan fingerprint density at radius 2 is 1.62 bits per heavy atom. The Bertz CT molecular complexity index is 461. The lowest BCUT2D eigenvalue weighted by atomic mass is 9.76. The summed E-state index contributed by atoms with van der Waals surface area (Å²) in [5.74, 6) is 0.981. The van der Waals surface area contributed by atoms with E-state index in [0.717, 1.165) is 18.6 Å². The summed E-state index contributed by atoms with van der Waals surface area (Å²) in [7, 11) is 0. The topological polar surface area (TPSA) is 35.2 Å². The van der Waals surface area contributed by atoms with Gasteiger partial charge in [-0.1, -0.05) is 53.7 Å². The minimum atomic E-state index is 0.0503. The Morgan fingerprint density at radius 3 is 2.10 bits per heavy atom. The molecule has 1 atom stereocenters. The van der Waals surface area contributed by atoms with Crippen molar-refractivity contribution in [2.24, 2.45) is 5.73 Å². The van der Waals surface area contributed by atoms with Gasteiger partial charge >= 0.3 is 0 Å². The van der Waals surface area contributed by atoms with Crippen LogP contribution in [-0.2, 0) is 10.8 Å². The van der Waals surface area contributed by atoms with Crippen molar-refractivity contribution in [3.8, 4) is 5.75 Å². The van der Waals surface area contributed by atoms with Crippen LogP contribution in [-0.4, -0.2) is 12.6 Å². The summed E-state index contributed by atoms with van der Waals surface area (Å²) in [6.07, 6.45) is 2.20. The fourth-order valence-corrected chi connectivity index (χ4v) is 2.22. The van der Waals surface area contributed by atoms with Gasteiger partial charge in [0.1, 0.15) is 12.4 Å². The molecule has 0 spiro atoms. The van der Waals surface area contributed by atoms with Gasteiger partial charge in [0.15, 0.2) is 0 Å². The summed E-state index contributed by atoms with van der Waals surface area (Å²) in [4.78, 5) is 0. The maximum Gasteiger partial charge on any atom is 0.123 e. The molecule has 0 heterocycles. The number of hydrogen-bond donors (Lipinski definition) is 1. The van der Waals surface area contributed by atoms with Crippen LogP contribution >= 0.6 is 0 Å². The van der Waals surface area contributed by atoms with Gasteiger partial charge in [0.2, 0.25) is 0 Å². The Hall–Kier alpha value is -1.02. The fourth-order valence-electron chi connectivity index (χ4n) is 2.22. The molecule has 0 saturated carbocycles. The van der Waals surface area contributed by atoms with Crippen LogP contribution in [0.1, 0.15) is 72.4 Å². The van der Waals surface area contributed by atoms with Crippen molar-refractivity contribution in [2.75, 3.05) is 6.61 Å². The highest BCUT2D eigenvalue weighted by atomic mass is 16.5. The van der Waals surface area contributed by atoms with Crippen molar-refractivity contribution >= 4 is 0 Å². The van der Waals surface area contributed by atoms with Gasteiger partial charge in [0.05, 0.1) is 0 Å². The quantitative estimate of drug-likeness (QED) is 0.784. The average Bonchev–Trinajstić information content (AvgIpc) is 2.44. The second kappa shape index (κ2) is 6.83. The number of ether oxygens (including phenoxy) is 1. The molecule has 2 nitrogen and oxygen atoms in total. The second-order valence-electron chi connectivity index (χ2n) is 7.47. The first kappa shape index (κ1) is 18.0. The molecule has 120 valence electrons. The van der Waals surface area contributed by atoms with Crippen molar-refractivity contribution in [1.29, 1.82) is 0 Å². The lowest BCUT2D eigenvalue weighted by Gasteiger charge is -2.30. The smallest absolute Gasteiger partial charge is 0.123 e. The highest BCUT2D eigenvalue weighted by Gasteiger charge is 2.26. The standard InChI is InChI=1S/C19H33NO/c1-8-18(4,5)15-10-11-17(21-13-14(3)20)16(12-15)19(6,7)9-2/h10-12,14H,8-9,13,20H2,1-7H3/t14-/m1/s1. The highest BCUT2D eigenvalue weighted by Crippen LogP contribution is 2.38. The minimum absolute atomic E-state index is 0.0503. The van der Waals surface area contributed by atoms with Crippen molar-refractivity contribution < 1.29 is 4.74 Å². The molecule has 0 fully saturated rings. The van der Waals surface area contributed by atoms with Crippen molar-refractivity contribution in [1.82, 2.24) is 0 Å². The molecule has 0 saturated heterocycles. The maximum absolute atomic E-state index is 5.96. The molecule has 0 aromatic heterocycles. The molecule has 21 heavy (non-hydrogen) atoms. The molecule has 1 aromatic rings. The number of nitrogens with two attached hydrogens (primary N) is 1. The van der Waals surface area contributed by atoms with Crippen LogP contribution in [0.4, 0.5) is 0 Å². The second-order valence-corrected chi connectivity index (χ2v) is 7.47. The third kappa shape index (κ3) is 4.47. The molecule has 0 aliphatic heterocycles. The first-order chi connectivity index (χ1) is 9.64. The summed E-state index contributed by atoms with van der Waals surface area (Å²) >= 11 is 0. The molecule has 2 heteroatoms. The Kier molecular flexibility index (Phi) is 5.86. The van der Waals surface area contributed by atoms with Gasteiger partial charge in [-0.3, -0.25) is 0 Å². The molecule has 0 aliphatic carbocycles. The molecule has 2 N–H and O–H groups in total. The molecule has 0 amide bonds. The summed E-state index contributed by atoms with van der Waals surface area (Å²) in [6.45, 7) is 16.2. The molecular formula is C19H33NO. The van der Waals surface area contributed by atoms with Crippen LogP contribution in [0.3, 0.4) is 0 Å². The zero-order chi connectivity index (χ0) is 16.3. The Labute approximate surface area is 131 Å². The first-order valence-corrected chi connectivity index (χ1v) is 8.17. The van der Waals surface area contributed by atoms with E-state index in [0.29, 0.717) is 6.61 Å². The van der Waals surface area contributed by atoms with Crippen LogP contribution in [0.15, 0.2) is 18.2 Å². The zero-order valence-corrected chi connectivity index (χ0v) is 14.9. The zero-order valence-electron chi connectivity index (χ0n) is 14.9. The molecule has 0 unspecified atom stereocenters. The molecular weight excluding hydrogens is 258 g/mol. The molecule has 1 aromatic carbocycles. The predicted molar refractivity (Wildman–Crippen MR) is 92.2 cm³/mol. The molecule has 0 bridgehead atoms. The largest absolute Gasteiger partial charge is 0.492 e. The predicted octanol–water partition coefficient (Wildman–Crippen LogP) is 4.79. The maximum atomic E-state index is 5.96. The summed E-state index contributed by atoms with van der Waals surface area (Å²) in [5.41, 5.74) is 8.80. The summed E-state index contributed by atoms with van der Waals surface area (Å²) in [6, 6.07) is 6.72. The van der Waals surface area contributed by atoms with E-state index in [4.69, 9.17) is 10.5 Å². The van der Waals surface area contributed by atoms with E-state index in [1.807, 2.05) is 6.92 Å². The monoisotopic (exact) mass is 291 g/mol. The van der Waals surface area contributed by atoms with Gasteiger partial charge in [-0.15, -0.1) is 0 Å². The van der Waals surface area contributed by atoms with Gasteiger partial charge in [-0.2, -0.15) is 0 Å². The van der Waals surface area contributed by atoms with E-state index in [2.05, 4.69) is 59.7 Å². The first-order valence-electron chi connectivity index (χ1n) is 8.17. The summed E-state index contributed by atoms with van der Waals surface area (Å²) < 4.78 is 5.96. The van der Waals surface area contributed by atoms with Crippen LogP contribution in [0.25, 0.3) is 0 Å². The minimum Gasteiger partial charge on any atom is -0.492 e. The Morgan fingerprint density at radius 1 is 1.05 bits per heavy atom. The van der Waals surface area contributed by atoms with Crippen LogP contribution in [0.5, 0.6) is 5.75 Å². The van der Waals surface area contributed by atoms with Gasteiger partial charge < -0.3 is 10.5 Å². The lowest BCUT2D eigenvalue weighted by Crippen LogP contribution is -2.26. The number of rotatable bonds is 7. The number of hydrogen-bond acceptors (Lipinski definition) is 2. The Balaban J connectivity index is 3.27. The van der Waals surface area contributed by atoms with Gasteiger partial charge in [0.25, 0.3) is 0 Å². The van der Waals surface area contributed by atoms with Crippen molar-refractivity contribution in [3.05, 3.63) is 29.3 Å². The lowest BCUT2D eigenvalue weighted by molar-refractivity contribution is 0.286. The van der Waals surface area contributed by atoms with Gasteiger partial charge in [0, 0.05) is 11.6 Å². The van der Waals surface area contributed by atoms with Crippen molar-refractivity contribution in [3.63, 3.8) is 0 Å². The van der Waals surface area contributed by atoms with E-state index in [9.17, 15) is 0 Å². The third-order valence-corrected chi connectivity index (χ3v) is 4.76. The van der Waals surface area contributed by atoms with E-state index in [-0.39, 0.29) is 16.9 Å². The van der Waals surface area contributed by atoms with Crippen LogP contribution in [0, 0.1) is 0 Å². The molecule has 0 radical (unpaired) electrons. The summed E-state index contributed by atoms with van der Waals surface area (Å²) in [5, 5.41) is 0. The number of benzene rings is 1. The van der Waals surface area contributed by atoms with E-state index >= 15 is 0 Å². The van der Waals surface area contributed by atoms with Gasteiger partial charge in [-0.05, 0) is 42.2 Å². The van der Waals surface area contributed by atoms with Gasteiger partial charge in [-0.25, -0.2) is 0 Å². The SMILES string of the molecule is CCC(C)(C)c1ccc(OC[C@@H](C)N)c(C(C)(C)CC)c1. The van der Waals surface area contributed by atoms with E-state index in [1.165, 1.54) is 11.1 Å². The molecule has 1 rings (SSSR count). The van der Waals surface area contributed by atoms with Crippen molar-refractivity contribution in [2.45, 2.75) is 78.2 Å². The average molecular weight is 291 g/mol. The van der Waals surface area contributed by atoms with E-state index in [1.54, 1.807) is 0 Å². The van der Waals surface area contributed by atoms with Crippen LogP contribution < -0.4 is 10.5 Å². The molecule has 0 aliphatic rings. The highest BCUT2D eigenvalue weighted by molar-refractivity contribution is 5.44. The van der Waals surface area contributed by atoms with E-state index < -0.39 is 0 Å². The normalized spacial score (nSPS) is 14.1. The van der Waals surface area contributed by atoms with Crippen LogP contribution in [0.2, 0.25) is 0 Å². The third-order valence-electron chi connectivity index (χ3n) is 4.76.